The lowest BCUT2D eigenvalue weighted by Gasteiger charge is -1.95. The number of carbonyl (C=O) groups excluding carboxylic acids is 1. The van der Waals surface area contributed by atoms with E-state index in [2.05, 4.69) is 0 Å². The maximum atomic E-state index is 10.7. The first-order chi connectivity index (χ1) is 5.16. The van der Waals surface area contributed by atoms with Crippen LogP contribution in [0.15, 0.2) is 0 Å². The molecular formula is C7H12O4. The number of aliphatic hydroxyl groups is 1. The molecule has 11 heavy (non-hydrogen) atoms. The first-order valence-electron chi connectivity index (χ1n) is 3.51. The lowest BCUT2D eigenvalue weighted by Crippen LogP contribution is -2.06. The highest BCUT2D eigenvalue weighted by atomic mass is 16.4. The molecule has 0 saturated carbocycles. The van der Waals surface area contributed by atoms with Crippen LogP contribution in [0.2, 0.25) is 0 Å². The Morgan fingerprint density at radius 3 is 2.27 bits per heavy atom. The quantitative estimate of drug-likeness (QED) is 0.429. The zero-order chi connectivity index (χ0) is 8.69. The van der Waals surface area contributed by atoms with Crippen LogP contribution in [0, 0.1) is 0 Å². The van der Waals surface area contributed by atoms with Gasteiger partial charge in [0, 0.05) is 13.0 Å². The van der Waals surface area contributed by atoms with Gasteiger partial charge in [0.1, 0.15) is 12.2 Å². The topological polar surface area (TPSA) is 74.6 Å². The predicted octanol–water partition coefficient (Wildman–Crippen LogP) is 0.193. The average molecular weight is 160 g/mol. The molecular weight excluding hydrogens is 148 g/mol. The van der Waals surface area contributed by atoms with Crippen LogP contribution in [0.1, 0.15) is 25.7 Å². The maximum Gasteiger partial charge on any atom is 0.310 e. The number of hydrogen-bond donors (Lipinski definition) is 2. The number of aliphatic carboxylic acids is 1. The van der Waals surface area contributed by atoms with E-state index in [-0.39, 0.29) is 18.8 Å². The van der Waals surface area contributed by atoms with Crippen LogP contribution in [0.25, 0.3) is 0 Å². The van der Waals surface area contributed by atoms with Crippen molar-refractivity contribution >= 4 is 11.8 Å². The molecule has 0 atom stereocenters. The molecule has 0 aromatic heterocycles. The smallest absolute Gasteiger partial charge is 0.310 e. The Bertz CT molecular complexity index is 141. The number of ketones is 1. The summed E-state index contributed by atoms with van der Waals surface area (Å²) in [5, 5.41) is 16.5. The first-order valence-corrected chi connectivity index (χ1v) is 3.51. The van der Waals surface area contributed by atoms with Gasteiger partial charge in [0.15, 0.2) is 0 Å². The molecule has 4 nitrogen and oxygen atoms in total. The van der Waals surface area contributed by atoms with Gasteiger partial charge in [-0.25, -0.2) is 0 Å². The molecule has 64 valence electrons. The van der Waals surface area contributed by atoms with Crippen LogP contribution in [-0.2, 0) is 9.59 Å². The van der Waals surface area contributed by atoms with E-state index < -0.39 is 12.4 Å². The van der Waals surface area contributed by atoms with Gasteiger partial charge in [0.05, 0.1) is 0 Å². The lowest BCUT2D eigenvalue weighted by molar-refractivity contribution is -0.140. The fourth-order valence-corrected chi connectivity index (χ4v) is 0.691. The summed E-state index contributed by atoms with van der Waals surface area (Å²) >= 11 is 0. The number of carboxylic acid groups (broad SMARTS) is 1. The van der Waals surface area contributed by atoms with E-state index in [9.17, 15) is 9.59 Å². The standard InChI is InChI=1S/C7H12O4/c8-4-2-1-3-6(9)5-7(10)11/h8H,1-5H2,(H,10,11). The maximum absolute atomic E-state index is 10.7. The summed E-state index contributed by atoms with van der Waals surface area (Å²) in [7, 11) is 0. The van der Waals surface area contributed by atoms with Gasteiger partial charge in [-0.05, 0) is 12.8 Å². The molecule has 0 aliphatic carbocycles. The highest BCUT2D eigenvalue weighted by Gasteiger charge is 2.06. The molecule has 0 heterocycles. The molecule has 0 amide bonds. The van der Waals surface area contributed by atoms with E-state index in [0.717, 1.165) is 0 Å². The van der Waals surface area contributed by atoms with Crippen molar-refractivity contribution in [3.8, 4) is 0 Å². The van der Waals surface area contributed by atoms with E-state index in [0.29, 0.717) is 12.8 Å². The molecule has 4 heteroatoms. The summed E-state index contributed by atoms with van der Waals surface area (Å²) in [4.78, 5) is 20.6. The Kier molecular flexibility index (Phi) is 5.37. The Hall–Kier alpha value is -0.900. The molecule has 0 aromatic carbocycles. The molecule has 2 N–H and O–H groups in total. The summed E-state index contributed by atoms with van der Waals surface area (Å²) in [6.07, 6.45) is 0.992. The van der Waals surface area contributed by atoms with Gasteiger partial charge in [-0.15, -0.1) is 0 Å². The molecule has 0 aliphatic rings. The van der Waals surface area contributed by atoms with Crippen LogP contribution >= 0.6 is 0 Å². The van der Waals surface area contributed by atoms with Crippen LogP contribution in [0.5, 0.6) is 0 Å². The first kappa shape index (κ1) is 10.1. The summed E-state index contributed by atoms with van der Waals surface area (Å²) < 4.78 is 0. The molecule has 0 spiro atoms. The second-order valence-corrected chi connectivity index (χ2v) is 2.29. The zero-order valence-corrected chi connectivity index (χ0v) is 6.25. The number of carboxylic acids is 1. The van der Waals surface area contributed by atoms with Gasteiger partial charge in [-0.3, -0.25) is 9.59 Å². The molecule has 0 bridgehead atoms. The van der Waals surface area contributed by atoms with Crippen molar-refractivity contribution in [2.45, 2.75) is 25.7 Å². The third-order valence-corrected chi connectivity index (χ3v) is 1.21. The highest BCUT2D eigenvalue weighted by Crippen LogP contribution is 1.98. The lowest BCUT2D eigenvalue weighted by atomic mass is 10.1. The van der Waals surface area contributed by atoms with Gasteiger partial charge in [0.25, 0.3) is 0 Å². The largest absolute Gasteiger partial charge is 0.481 e. The van der Waals surface area contributed by atoms with Crippen LogP contribution in [0.3, 0.4) is 0 Å². The van der Waals surface area contributed by atoms with Crippen LogP contribution in [-0.4, -0.2) is 28.6 Å². The SMILES string of the molecule is O=C(O)CC(=O)CCCCO. The minimum atomic E-state index is -1.08. The fraction of sp³-hybridized carbons (Fsp3) is 0.714. The molecule has 0 rings (SSSR count). The van der Waals surface area contributed by atoms with Gasteiger partial charge in [-0.2, -0.15) is 0 Å². The fourth-order valence-electron chi connectivity index (χ4n) is 0.691. The number of carbonyl (C=O) groups is 2. The average Bonchev–Trinajstić information content (AvgIpc) is 1.86. The minimum absolute atomic E-state index is 0.0559. The van der Waals surface area contributed by atoms with Gasteiger partial charge >= 0.3 is 5.97 Å². The third-order valence-electron chi connectivity index (χ3n) is 1.21. The van der Waals surface area contributed by atoms with Gasteiger partial charge < -0.3 is 10.2 Å². The minimum Gasteiger partial charge on any atom is -0.481 e. The Morgan fingerprint density at radius 2 is 1.82 bits per heavy atom. The van der Waals surface area contributed by atoms with Crippen LogP contribution < -0.4 is 0 Å². The number of aliphatic hydroxyl groups excluding tert-OH is 1. The van der Waals surface area contributed by atoms with Gasteiger partial charge in [-0.1, -0.05) is 0 Å². The van der Waals surface area contributed by atoms with Crippen molar-refractivity contribution < 1.29 is 19.8 Å². The van der Waals surface area contributed by atoms with Crippen molar-refractivity contribution in [2.75, 3.05) is 6.61 Å². The van der Waals surface area contributed by atoms with Crippen molar-refractivity contribution in [3.63, 3.8) is 0 Å². The molecule has 0 aromatic rings. The van der Waals surface area contributed by atoms with E-state index >= 15 is 0 Å². The Morgan fingerprint density at radius 1 is 1.18 bits per heavy atom. The molecule has 0 radical (unpaired) electrons. The van der Waals surface area contributed by atoms with Crippen molar-refractivity contribution in [3.05, 3.63) is 0 Å². The third kappa shape index (κ3) is 6.99. The van der Waals surface area contributed by atoms with Crippen molar-refractivity contribution in [2.24, 2.45) is 0 Å². The predicted molar refractivity (Wildman–Crippen MR) is 38.2 cm³/mol. The zero-order valence-electron chi connectivity index (χ0n) is 6.25. The number of Topliss-reactive ketones (excluding diaryl/α,β-unsaturated/α-hetero) is 1. The molecule has 0 fully saturated rings. The Labute approximate surface area is 64.8 Å². The second-order valence-electron chi connectivity index (χ2n) is 2.29. The van der Waals surface area contributed by atoms with Crippen molar-refractivity contribution in [1.29, 1.82) is 0 Å². The monoisotopic (exact) mass is 160 g/mol. The highest BCUT2D eigenvalue weighted by molar-refractivity contribution is 5.94. The number of rotatable bonds is 6. The summed E-state index contributed by atoms with van der Waals surface area (Å²) in [5.41, 5.74) is 0. The second kappa shape index (κ2) is 5.85. The van der Waals surface area contributed by atoms with Crippen molar-refractivity contribution in [1.82, 2.24) is 0 Å². The van der Waals surface area contributed by atoms with E-state index in [4.69, 9.17) is 10.2 Å². The van der Waals surface area contributed by atoms with E-state index in [1.807, 2.05) is 0 Å². The molecule has 0 saturated heterocycles. The molecule has 0 aliphatic heterocycles. The van der Waals surface area contributed by atoms with Crippen LogP contribution in [0.4, 0.5) is 0 Å². The summed E-state index contributed by atoms with van der Waals surface area (Å²) in [6, 6.07) is 0. The summed E-state index contributed by atoms with van der Waals surface area (Å²) in [5.74, 6) is -1.36. The van der Waals surface area contributed by atoms with E-state index in [1.165, 1.54) is 0 Å². The molecule has 0 unspecified atom stereocenters. The normalized spacial score (nSPS) is 9.55. The Balaban J connectivity index is 3.30. The number of unbranched alkanes of at least 4 members (excludes halogenated alkanes) is 1. The summed E-state index contributed by atoms with van der Waals surface area (Å²) in [6.45, 7) is 0.0559. The van der Waals surface area contributed by atoms with Gasteiger partial charge in [0.2, 0.25) is 0 Å². The van der Waals surface area contributed by atoms with E-state index in [1.54, 1.807) is 0 Å². The number of hydrogen-bond acceptors (Lipinski definition) is 3.